The molecular formula is C4H6N10O8. The molecule has 0 fully saturated rings. The van der Waals surface area contributed by atoms with Gasteiger partial charge in [-0.05, 0) is 0 Å². The normalized spacial score (nSPS) is 8.73. The highest BCUT2D eigenvalue weighted by Crippen LogP contribution is 2.18. The Morgan fingerprint density at radius 2 is 1.36 bits per heavy atom. The summed E-state index contributed by atoms with van der Waals surface area (Å²) >= 11 is 0. The van der Waals surface area contributed by atoms with E-state index in [9.17, 15) is 30.3 Å². The van der Waals surface area contributed by atoms with Gasteiger partial charge >= 0.3 is 16.1 Å². The van der Waals surface area contributed by atoms with Crippen LogP contribution in [0.15, 0.2) is 0 Å². The second-order valence-corrected chi connectivity index (χ2v) is 2.67. The van der Waals surface area contributed by atoms with Crippen LogP contribution in [0.5, 0.6) is 12.0 Å². The largest absolute Gasteiger partial charge is 0.336 e. The molecule has 6 N–H and O–H groups in total. The third-order valence-corrected chi connectivity index (χ3v) is 1.07. The lowest BCUT2D eigenvalue weighted by atomic mass is 10.9. The molecule has 0 spiro atoms. The van der Waals surface area contributed by atoms with Crippen LogP contribution in [0.25, 0.3) is 5.43 Å². The molecule has 1 aromatic rings. The molecule has 0 saturated carbocycles. The smallest absolute Gasteiger partial charge is 0.316 e. The van der Waals surface area contributed by atoms with Gasteiger partial charge in [0.2, 0.25) is 12.0 Å². The molecule has 0 unspecified atom stereocenters. The second-order valence-electron chi connectivity index (χ2n) is 2.67. The summed E-state index contributed by atoms with van der Waals surface area (Å²) in [7, 11) is 0. The van der Waals surface area contributed by atoms with Crippen molar-refractivity contribution in [3.05, 3.63) is 35.8 Å². The van der Waals surface area contributed by atoms with Crippen LogP contribution in [0.2, 0.25) is 0 Å². The molecule has 22 heavy (non-hydrogen) atoms. The topological polar surface area (TPSA) is 278 Å². The molecule has 1 rings (SSSR count). The van der Waals surface area contributed by atoms with E-state index in [2.05, 4.69) is 46.9 Å². The molecule has 120 valence electrons. The van der Waals surface area contributed by atoms with Crippen molar-refractivity contribution in [2.45, 2.75) is 0 Å². The average molecular weight is 322 g/mol. The van der Waals surface area contributed by atoms with Crippen molar-refractivity contribution >= 4 is 11.9 Å². The Morgan fingerprint density at radius 1 is 1.00 bits per heavy atom. The fourth-order valence-electron chi connectivity index (χ4n) is 0.661. The van der Waals surface area contributed by atoms with Gasteiger partial charge in [0.05, 0.1) is 0 Å². The first-order valence-electron chi connectivity index (χ1n) is 4.50. The summed E-state index contributed by atoms with van der Waals surface area (Å²) in [5.74, 6) is -1.05. The number of rotatable bonds is 6. The zero-order valence-corrected chi connectivity index (χ0v) is 10.1. The summed E-state index contributed by atoms with van der Waals surface area (Å²) in [5.41, 5.74) is 11.7. The van der Waals surface area contributed by atoms with Crippen molar-refractivity contribution in [1.82, 2.24) is 15.0 Å². The van der Waals surface area contributed by atoms with E-state index in [0.29, 0.717) is 0 Å². The molecular weight excluding hydrogens is 316 g/mol. The lowest BCUT2D eigenvalue weighted by Crippen LogP contribution is -2.51. The van der Waals surface area contributed by atoms with Gasteiger partial charge in [0.25, 0.3) is 0 Å². The molecule has 0 amide bonds. The van der Waals surface area contributed by atoms with Crippen molar-refractivity contribution in [3.8, 4) is 12.0 Å². The predicted molar refractivity (Wildman–Crippen MR) is 60.4 cm³/mol. The number of hydrogen-bond donors (Lipinski definition) is 3. The third kappa shape index (κ3) is 8.90. The van der Waals surface area contributed by atoms with Gasteiger partial charge < -0.3 is 9.97 Å². The van der Waals surface area contributed by atoms with Crippen molar-refractivity contribution in [2.75, 3.05) is 0 Å². The zero-order valence-electron chi connectivity index (χ0n) is 10.1. The highest BCUT2D eigenvalue weighted by molar-refractivity contribution is 5.68. The molecule has 18 heteroatoms. The molecule has 0 bridgehead atoms. The van der Waals surface area contributed by atoms with Gasteiger partial charge in [0, 0.05) is 0 Å². The van der Waals surface area contributed by atoms with Crippen LogP contribution in [-0.4, -0.2) is 36.1 Å². The Labute approximate surface area is 117 Å². The van der Waals surface area contributed by atoms with E-state index < -0.39 is 33.2 Å². The molecule has 1 aromatic heterocycles. The highest BCUT2D eigenvalue weighted by atomic mass is 17.0. The maximum Gasteiger partial charge on any atom is 0.336 e. The fraction of sp³-hybridized carbons (Fsp3) is 0. The average Bonchev–Trinajstić information content (AvgIpc) is 2.23. The van der Waals surface area contributed by atoms with Gasteiger partial charge in [-0.3, -0.25) is 26.6 Å². The minimum atomic E-state index is -1.35. The Balaban J connectivity index is 0.000000980. The van der Waals surface area contributed by atoms with Gasteiger partial charge in [-0.1, -0.05) is 5.43 Å². The zero-order chi connectivity index (χ0) is 17.3. The van der Waals surface area contributed by atoms with Gasteiger partial charge in [-0.25, -0.2) is 10.1 Å². The molecule has 0 aromatic carbocycles. The molecule has 18 nitrogen and oxygen atoms in total. The van der Waals surface area contributed by atoms with Gasteiger partial charge in [0.15, 0.2) is 0 Å². The first-order valence-corrected chi connectivity index (χ1v) is 4.50. The minimum absolute atomic E-state index is 0.0833. The van der Waals surface area contributed by atoms with Crippen LogP contribution >= 0.6 is 0 Å². The van der Waals surface area contributed by atoms with E-state index >= 15 is 0 Å². The number of guanidine groups is 1. The van der Waals surface area contributed by atoms with Crippen molar-refractivity contribution in [2.24, 2.45) is 11.5 Å². The van der Waals surface area contributed by atoms with E-state index in [4.69, 9.17) is 0 Å². The summed E-state index contributed by atoms with van der Waals surface area (Å²) in [6.45, 7) is 0. The lowest BCUT2D eigenvalue weighted by Gasteiger charge is -2.08. The van der Waals surface area contributed by atoms with Crippen LogP contribution in [0.4, 0.5) is 5.95 Å². The first-order chi connectivity index (χ1) is 10.1. The molecule has 0 aliphatic heterocycles. The third-order valence-electron chi connectivity index (χ3n) is 1.07. The van der Waals surface area contributed by atoms with E-state index in [1.54, 1.807) is 0 Å². The van der Waals surface area contributed by atoms with Crippen LogP contribution in [0.1, 0.15) is 0 Å². The lowest BCUT2D eigenvalue weighted by molar-refractivity contribution is -0.716. The molecule has 0 aliphatic carbocycles. The SMILES string of the molecule is NC(N)=[NH2+].O=[N+]([O-])[N-]c1nc(O[N+](=O)[O-])nc(O[N+](=O)[O-])n1. The van der Waals surface area contributed by atoms with Crippen molar-refractivity contribution in [3.63, 3.8) is 0 Å². The van der Waals surface area contributed by atoms with Crippen LogP contribution in [-0.2, 0) is 0 Å². The van der Waals surface area contributed by atoms with Crippen LogP contribution in [0, 0.1) is 30.3 Å². The van der Waals surface area contributed by atoms with E-state index in [0.717, 1.165) is 0 Å². The summed E-state index contributed by atoms with van der Waals surface area (Å²) in [6, 6.07) is -2.13. The number of aromatic nitrogens is 3. The fourth-order valence-corrected chi connectivity index (χ4v) is 0.661. The summed E-state index contributed by atoms with van der Waals surface area (Å²) in [6.07, 6.45) is 0. The Kier molecular flexibility index (Phi) is 6.61. The minimum Gasteiger partial charge on any atom is -0.316 e. The van der Waals surface area contributed by atoms with Crippen LogP contribution < -0.4 is 26.6 Å². The molecule has 1 heterocycles. The molecule has 0 aliphatic rings. The number of nitrogens with zero attached hydrogens (tertiary/aromatic N) is 7. The van der Waals surface area contributed by atoms with Gasteiger partial charge in [-0.15, -0.1) is 20.2 Å². The van der Waals surface area contributed by atoms with Crippen molar-refractivity contribution < 1.29 is 30.3 Å². The number of nitro groups is 1. The maximum absolute atomic E-state index is 10.0. The van der Waals surface area contributed by atoms with E-state index in [1.165, 1.54) is 0 Å². The maximum atomic E-state index is 10.0. The highest BCUT2D eigenvalue weighted by Gasteiger charge is 2.08. The molecule has 0 atom stereocenters. The van der Waals surface area contributed by atoms with Crippen LogP contribution in [0.3, 0.4) is 0 Å². The van der Waals surface area contributed by atoms with Gasteiger partial charge in [0.1, 0.15) is 11.0 Å². The van der Waals surface area contributed by atoms with E-state index in [1.807, 2.05) is 0 Å². The Morgan fingerprint density at radius 3 is 1.64 bits per heavy atom. The quantitative estimate of drug-likeness (QED) is 0.196. The molecule has 0 radical (unpaired) electrons. The van der Waals surface area contributed by atoms with Gasteiger partial charge in [-0.2, -0.15) is 4.98 Å². The summed E-state index contributed by atoms with van der Waals surface area (Å²) in [5, 5.41) is 30.6. The van der Waals surface area contributed by atoms with Crippen molar-refractivity contribution in [1.29, 1.82) is 0 Å². The summed E-state index contributed by atoms with van der Waals surface area (Å²) < 4.78 is 0. The summed E-state index contributed by atoms with van der Waals surface area (Å²) in [4.78, 5) is 46.5. The van der Waals surface area contributed by atoms with E-state index in [-0.39, 0.29) is 5.96 Å². The predicted octanol–water partition coefficient (Wildman–Crippen LogP) is -3.77. The first kappa shape index (κ1) is 17.9. The Bertz CT molecular complexity index is 501. The molecule has 0 saturated heterocycles. The standard InChI is InChI=1S/C3N7O8.CH5N3/c11-8(12)7-1-4-2(17-9(13)14)6-3(5-1)18-10(15)16;2-1(3)4/h;(H5,2,3,4)/q-1;/p+1. The Hall–Kier alpha value is -4.12. The monoisotopic (exact) mass is 322 g/mol. The number of hydrogen-bond acceptors (Lipinski definition) is 11. The number of nitrogens with two attached hydrogens (primary N) is 3. The second kappa shape index (κ2) is 8.13.